The van der Waals surface area contributed by atoms with E-state index in [1.807, 2.05) is 84.9 Å². The molecule has 0 bridgehead atoms. The molecule has 4 heteroatoms. The van der Waals surface area contributed by atoms with Gasteiger partial charge in [0.25, 0.3) is 0 Å². The van der Waals surface area contributed by atoms with Gasteiger partial charge in [-0.25, -0.2) is 0 Å². The van der Waals surface area contributed by atoms with E-state index >= 15 is 0 Å². The third kappa shape index (κ3) is 5.58. The Morgan fingerprint density at radius 2 is 0.839 bits per heavy atom. The minimum Gasteiger partial charge on any atom is -0.486 e. The monoisotopic (exact) mass is 410 g/mol. The maximum Gasteiger partial charge on any atom is 0.128 e. The molecule has 4 aromatic rings. The Morgan fingerprint density at radius 1 is 0.484 bits per heavy atom. The molecule has 31 heavy (non-hydrogen) atoms. The lowest BCUT2D eigenvalue weighted by Gasteiger charge is -2.26. The Labute approximate surface area is 183 Å². The number of nitrogens with two attached hydrogens (primary N) is 2. The van der Waals surface area contributed by atoms with E-state index in [1.54, 1.807) is 0 Å². The Balaban J connectivity index is 1.64. The van der Waals surface area contributed by atoms with Crippen molar-refractivity contribution >= 4 is 11.4 Å². The van der Waals surface area contributed by atoms with E-state index in [2.05, 4.69) is 24.3 Å². The minimum atomic E-state index is -0.205. The second-order valence-electron chi connectivity index (χ2n) is 7.41. The van der Waals surface area contributed by atoms with Crippen molar-refractivity contribution in [2.45, 2.75) is 18.6 Å². The maximum absolute atomic E-state index is 6.41. The molecule has 0 heterocycles. The highest BCUT2D eigenvalue weighted by Crippen LogP contribution is 2.34. The van der Waals surface area contributed by atoms with Gasteiger partial charge >= 0.3 is 0 Å². The van der Waals surface area contributed by atoms with E-state index in [9.17, 15) is 0 Å². The Bertz CT molecular complexity index is 977. The standard InChI is InChI=1S/C27H26N2O2/c28-22-11-15-24(16-12-22)30-26(20-7-3-1-4-8-20)19-27(21-9-5-2-6-10-21)31-25-17-13-23(29)14-18-25/h1-18,26-27H,19,28-29H2. The van der Waals surface area contributed by atoms with Gasteiger partial charge in [0, 0.05) is 17.8 Å². The third-order valence-electron chi connectivity index (χ3n) is 5.09. The number of benzene rings is 4. The van der Waals surface area contributed by atoms with Gasteiger partial charge in [0.05, 0.1) is 0 Å². The van der Waals surface area contributed by atoms with Crippen LogP contribution in [0.1, 0.15) is 29.8 Å². The van der Waals surface area contributed by atoms with Crippen LogP contribution in [0.5, 0.6) is 11.5 Å². The topological polar surface area (TPSA) is 70.5 Å². The Morgan fingerprint density at radius 3 is 1.19 bits per heavy atom. The molecule has 4 nitrogen and oxygen atoms in total. The molecule has 0 fully saturated rings. The highest BCUT2D eigenvalue weighted by Gasteiger charge is 2.23. The highest BCUT2D eigenvalue weighted by atomic mass is 16.5. The first-order chi connectivity index (χ1) is 15.2. The van der Waals surface area contributed by atoms with Crippen LogP contribution in [0.3, 0.4) is 0 Å². The molecular formula is C27H26N2O2. The quantitative estimate of drug-likeness (QED) is 0.340. The van der Waals surface area contributed by atoms with Gasteiger partial charge in [0.1, 0.15) is 23.7 Å². The molecule has 4 rings (SSSR count). The van der Waals surface area contributed by atoms with E-state index in [1.165, 1.54) is 0 Å². The third-order valence-corrected chi connectivity index (χ3v) is 5.09. The van der Waals surface area contributed by atoms with Crippen LogP contribution in [-0.4, -0.2) is 0 Å². The number of ether oxygens (including phenoxy) is 2. The maximum atomic E-state index is 6.41. The van der Waals surface area contributed by atoms with Crippen LogP contribution in [0.25, 0.3) is 0 Å². The predicted octanol–water partition coefficient (Wildman–Crippen LogP) is 6.18. The average molecular weight is 411 g/mol. The summed E-state index contributed by atoms with van der Waals surface area (Å²) in [4.78, 5) is 0. The average Bonchev–Trinajstić information content (AvgIpc) is 2.82. The smallest absolute Gasteiger partial charge is 0.128 e. The Hall–Kier alpha value is -3.92. The summed E-state index contributed by atoms with van der Waals surface area (Å²) in [7, 11) is 0. The summed E-state index contributed by atoms with van der Waals surface area (Å²) in [5, 5.41) is 0. The van der Waals surface area contributed by atoms with Crippen LogP contribution in [0.4, 0.5) is 11.4 Å². The zero-order chi connectivity index (χ0) is 21.5. The normalized spacial score (nSPS) is 12.6. The summed E-state index contributed by atoms with van der Waals surface area (Å²) < 4.78 is 12.8. The zero-order valence-corrected chi connectivity index (χ0v) is 17.2. The van der Waals surface area contributed by atoms with Gasteiger partial charge in [0.15, 0.2) is 0 Å². The zero-order valence-electron chi connectivity index (χ0n) is 17.2. The van der Waals surface area contributed by atoms with Crippen molar-refractivity contribution in [3.8, 4) is 11.5 Å². The molecule has 0 radical (unpaired) electrons. The molecule has 0 aromatic heterocycles. The van der Waals surface area contributed by atoms with Crippen molar-refractivity contribution in [1.82, 2.24) is 0 Å². The van der Waals surface area contributed by atoms with Crippen molar-refractivity contribution in [2.75, 3.05) is 11.5 Å². The van der Waals surface area contributed by atoms with Crippen molar-refractivity contribution in [2.24, 2.45) is 0 Å². The lowest BCUT2D eigenvalue weighted by molar-refractivity contribution is 0.110. The molecule has 156 valence electrons. The summed E-state index contributed by atoms with van der Waals surface area (Å²) in [6.45, 7) is 0. The van der Waals surface area contributed by atoms with Crippen LogP contribution in [0.15, 0.2) is 109 Å². The van der Waals surface area contributed by atoms with Crippen LogP contribution in [-0.2, 0) is 0 Å². The second-order valence-corrected chi connectivity index (χ2v) is 7.41. The summed E-state index contributed by atoms with van der Waals surface area (Å²) in [6.07, 6.45) is 0.218. The van der Waals surface area contributed by atoms with Gasteiger partial charge in [-0.05, 0) is 59.7 Å². The van der Waals surface area contributed by atoms with E-state index in [0.29, 0.717) is 17.8 Å². The summed E-state index contributed by atoms with van der Waals surface area (Å²) in [5.41, 5.74) is 15.3. The van der Waals surface area contributed by atoms with Crippen LogP contribution in [0, 0.1) is 0 Å². The lowest BCUT2D eigenvalue weighted by atomic mass is 9.98. The second kappa shape index (κ2) is 9.72. The van der Waals surface area contributed by atoms with Crippen molar-refractivity contribution in [1.29, 1.82) is 0 Å². The molecule has 0 aliphatic heterocycles. The van der Waals surface area contributed by atoms with Crippen LogP contribution < -0.4 is 20.9 Å². The van der Waals surface area contributed by atoms with Gasteiger partial charge in [-0.15, -0.1) is 0 Å². The molecule has 0 spiro atoms. The largest absolute Gasteiger partial charge is 0.486 e. The van der Waals surface area contributed by atoms with Crippen LogP contribution in [0.2, 0.25) is 0 Å². The van der Waals surface area contributed by atoms with Crippen molar-refractivity contribution in [3.05, 3.63) is 120 Å². The summed E-state index contributed by atoms with van der Waals surface area (Å²) in [6, 6.07) is 35.3. The number of hydrogen-bond donors (Lipinski definition) is 2. The SMILES string of the molecule is Nc1ccc(OC(CC(Oc2ccc(N)cc2)c2ccccc2)c2ccccc2)cc1. The molecule has 2 unspecified atom stereocenters. The molecule has 0 aliphatic carbocycles. The first kappa shape index (κ1) is 20.4. The van der Waals surface area contributed by atoms with Crippen molar-refractivity contribution < 1.29 is 9.47 Å². The summed E-state index contributed by atoms with van der Waals surface area (Å²) in [5.74, 6) is 1.53. The van der Waals surface area contributed by atoms with Gasteiger partial charge < -0.3 is 20.9 Å². The van der Waals surface area contributed by atoms with E-state index < -0.39 is 0 Å². The Kier molecular flexibility index (Phi) is 6.38. The highest BCUT2D eigenvalue weighted by molar-refractivity contribution is 5.43. The predicted molar refractivity (Wildman–Crippen MR) is 126 cm³/mol. The molecule has 0 amide bonds. The summed E-state index contributed by atoms with van der Waals surface area (Å²) >= 11 is 0. The van der Waals surface area contributed by atoms with Crippen molar-refractivity contribution in [3.63, 3.8) is 0 Å². The molecule has 2 atom stereocenters. The van der Waals surface area contributed by atoms with Gasteiger partial charge in [-0.3, -0.25) is 0 Å². The molecule has 4 aromatic carbocycles. The van der Waals surface area contributed by atoms with E-state index in [-0.39, 0.29) is 12.2 Å². The molecule has 0 aliphatic rings. The lowest BCUT2D eigenvalue weighted by Crippen LogP contribution is -2.16. The molecule has 0 saturated carbocycles. The number of hydrogen-bond acceptors (Lipinski definition) is 4. The number of rotatable bonds is 8. The first-order valence-electron chi connectivity index (χ1n) is 10.3. The van der Waals surface area contributed by atoms with E-state index in [0.717, 1.165) is 22.6 Å². The van der Waals surface area contributed by atoms with E-state index in [4.69, 9.17) is 20.9 Å². The van der Waals surface area contributed by atoms with Gasteiger partial charge in [-0.2, -0.15) is 0 Å². The fourth-order valence-corrected chi connectivity index (χ4v) is 3.46. The number of nitrogen functional groups attached to an aromatic ring is 2. The minimum absolute atomic E-state index is 0.205. The molecule has 0 saturated heterocycles. The van der Waals surface area contributed by atoms with Crippen LogP contribution >= 0.6 is 0 Å². The fraction of sp³-hybridized carbons (Fsp3) is 0.111. The number of anilines is 2. The van der Waals surface area contributed by atoms with Gasteiger partial charge in [-0.1, -0.05) is 60.7 Å². The van der Waals surface area contributed by atoms with Gasteiger partial charge in [0.2, 0.25) is 0 Å². The molecular weight excluding hydrogens is 384 g/mol. The molecule has 4 N–H and O–H groups in total. The first-order valence-corrected chi connectivity index (χ1v) is 10.3. The fourth-order valence-electron chi connectivity index (χ4n) is 3.46.